The Morgan fingerprint density at radius 3 is 2.48 bits per heavy atom. The lowest BCUT2D eigenvalue weighted by atomic mass is 9.98. The zero-order valence-corrected chi connectivity index (χ0v) is 18.7. The second-order valence-corrected chi connectivity index (χ2v) is 7.91. The standard InChI is InChI=1S/C25H25N7O/c1-3-4-9-22-26-25-21(14-15-23(27-25)33-2)32(22)16-17-10-12-18(13-11-17)19-7-5-6-8-20(19)24-28-30-31-29-24/h5-8,10-15H,3-4,9,16H2,1-2H3,(H,28,29,30,31). The first kappa shape index (κ1) is 20.8. The van der Waals surface area contributed by atoms with Crippen molar-refractivity contribution in [1.82, 2.24) is 35.2 Å². The molecular formula is C25H25N7O. The summed E-state index contributed by atoms with van der Waals surface area (Å²) in [7, 11) is 1.63. The summed E-state index contributed by atoms with van der Waals surface area (Å²) in [5.74, 6) is 2.29. The van der Waals surface area contributed by atoms with Crippen molar-refractivity contribution in [3.63, 3.8) is 0 Å². The van der Waals surface area contributed by atoms with E-state index in [1.54, 1.807) is 7.11 Å². The van der Waals surface area contributed by atoms with Gasteiger partial charge in [0.05, 0.1) is 12.6 Å². The molecule has 33 heavy (non-hydrogen) atoms. The monoisotopic (exact) mass is 439 g/mol. The number of methoxy groups -OCH3 is 1. The lowest BCUT2D eigenvalue weighted by Gasteiger charge is -2.11. The highest BCUT2D eigenvalue weighted by molar-refractivity contribution is 5.80. The Morgan fingerprint density at radius 2 is 1.76 bits per heavy atom. The third-order valence-electron chi connectivity index (χ3n) is 5.76. The van der Waals surface area contributed by atoms with E-state index < -0.39 is 0 Å². The van der Waals surface area contributed by atoms with Crippen LogP contribution in [0.1, 0.15) is 31.2 Å². The molecule has 5 aromatic rings. The van der Waals surface area contributed by atoms with Crippen LogP contribution in [0, 0.1) is 0 Å². The fourth-order valence-corrected chi connectivity index (χ4v) is 4.04. The molecule has 3 heterocycles. The second-order valence-electron chi connectivity index (χ2n) is 7.91. The number of pyridine rings is 1. The summed E-state index contributed by atoms with van der Waals surface area (Å²) < 4.78 is 7.55. The van der Waals surface area contributed by atoms with Crippen molar-refractivity contribution < 1.29 is 4.74 Å². The molecule has 0 bridgehead atoms. The number of benzene rings is 2. The van der Waals surface area contributed by atoms with E-state index in [-0.39, 0.29) is 0 Å². The van der Waals surface area contributed by atoms with Crippen molar-refractivity contribution >= 4 is 11.2 Å². The highest BCUT2D eigenvalue weighted by atomic mass is 16.5. The number of aromatic nitrogens is 7. The molecule has 0 fully saturated rings. The molecule has 1 N–H and O–H groups in total. The molecule has 0 atom stereocenters. The number of H-pyrrole nitrogens is 1. The number of aryl methyl sites for hydroxylation is 1. The van der Waals surface area contributed by atoms with Crippen LogP contribution in [0.4, 0.5) is 0 Å². The number of nitrogens with zero attached hydrogens (tertiary/aromatic N) is 6. The van der Waals surface area contributed by atoms with Gasteiger partial charge in [0.1, 0.15) is 5.82 Å². The topological polar surface area (TPSA) is 94.4 Å². The van der Waals surface area contributed by atoms with Crippen molar-refractivity contribution in [1.29, 1.82) is 0 Å². The lowest BCUT2D eigenvalue weighted by molar-refractivity contribution is 0.399. The van der Waals surface area contributed by atoms with Gasteiger partial charge in [-0.3, -0.25) is 0 Å². The first-order valence-electron chi connectivity index (χ1n) is 11.1. The van der Waals surface area contributed by atoms with E-state index in [1.165, 1.54) is 5.56 Å². The number of unbranched alkanes of at least 4 members (excludes halogenated alkanes) is 1. The number of hydrogen-bond donors (Lipinski definition) is 1. The van der Waals surface area contributed by atoms with E-state index in [0.29, 0.717) is 11.7 Å². The molecule has 3 aromatic heterocycles. The number of nitrogens with one attached hydrogen (secondary N) is 1. The number of ether oxygens (including phenoxy) is 1. The molecule has 0 saturated carbocycles. The average Bonchev–Trinajstić information content (AvgIpc) is 3.51. The van der Waals surface area contributed by atoms with Crippen LogP contribution in [0.3, 0.4) is 0 Å². The molecule has 0 aliphatic carbocycles. The summed E-state index contributed by atoms with van der Waals surface area (Å²) >= 11 is 0. The van der Waals surface area contributed by atoms with E-state index in [9.17, 15) is 0 Å². The zero-order valence-electron chi connectivity index (χ0n) is 18.7. The van der Waals surface area contributed by atoms with Gasteiger partial charge >= 0.3 is 0 Å². The van der Waals surface area contributed by atoms with Crippen LogP contribution in [0.2, 0.25) is 0 Å². The van der Waals surface area contributed by atoms with Crippen molar-refractivity contribution in [2.45, 2.75) is 32.7 Å². The Bertz CT molecular complexity index is 1360. The van der Waals surface area contributed by atoms with Gasteiger partial charge in [-0.2, -0.15) is 4.98 Å². The third-order valence-corrected chi connectivity index (χ3v) is 5.76. The molecule has 0 radical (unpaired) electrons. The minimum absolute atomic E-state index is 0.583. The van der Waals surface area contributed by atoms with E-state index in [4.69, 9.17) is 9.72 Å². The molecule has 0 aliphatic heterocycles. The maximum absolute atomic E-state index is 5.29. The van der Waals surface area contributed by atoms with Gasteiger partial charge in [0, 0.05) is 24.6 Å². The maximum Gasteiger partial charge on any atom is 0.215 e. The van der Waals surface area contributed by atoms with Gasteiger partial charge in [-0.15, -0.1) is 5.10 Å². The quantitative estimate of drug-likeness (QED) is 0.377. The number of imidazole rings is 1. The van der Waals surface area contributed by atoms with Gasteiger partial charge in [0.15, 0.2) is 11.5 Å². The van der Waals surface area contributed by atoms with Gasteiger partial charge in [-0.05, 0) is 39.6 Å². The molecule has 0 saturated heterocycles. The van der Waals surface area contributed by atoms with Gasteiger partial charge in [-0.1, -0.05) is 61.9 Å². The highest BCUT2D eigenvalue weighted by Gasteiger charge is 2.14. The molecule has 0 amide bonds. The smallest absolute Gasteiger partial charge is 0.215 e. The first-order chi connectivity index (χ1) is 16.3. The van der Waals surface area contributed by atoms with Crippen LogP contribution in [0.5, 0.6) is 5.88 Å². The van der Waals surface area contributed by atoms with E-state index in [2.05, 4.69) is 67.4 Å². The molecule has 8 heteroatoms. The predicted octanol–water partition coefficient (Wildman–Crippen LogP) is 4.68. The Labute approximate surface area is 191 Å². The number of tetrazole rings is 1. The Balaban J connectivity index is 1.47. The summed E-state index contributed by atoms with van der Waals surface area (Å²) in [4.78, 5) is 9.35. The summed E-state index contributed by atoms with van der Waals surface area (Å²) in [6, 6.07) is 20.7. The molecule has 8 nitrogen and oxygen atoms in total. The van der Waals surface area contributed by atoms with Crippen LogP contribution in [0.15, 0.2) is 60.7 Å². The molecule has 0 unspecified atom stereocenters. The Kier molecular flexibility index (Phi) is 5.80. The Morgan fingerprint density at radius 1 is 0.939 bits per heavy atom. The maximum atomic E-state index is 5.29. The fraction of sp³-hybridized carbons (Fsp3) is 0.240. The van der Waals surface area contributed by atoms with Crippen LogP contribution in [0.25, 0.3) is 33.7 Å². The van der Waals surface area contributed by atoms with Crippen LogP contribution >= 0.6 is 0 Å². The first-order valence-corrected chi connectivity index (χ1v) is 11.1. The molecule has 0 aliphatic rings. The van der Waals surface area contributed by atoms with Crippen LogP contribution in [-0.4, -0.2) is 42.3 Å². The summed E-state index contributed by atoms with van der Waals surface area (Å²) in [5, 5.41) is 14.4. The number of aromatic amines is 1. The minimum atomic E-state index is 0.583. The molecule has 2 aromatic carbocycles. The van der Waals surface area contributed by atoms with Gasteiger partial charge in [0.2, 0.25) is 5.88 Å². The molecule has 5 rings (SSSR count). The summed E-state index contributed by atoms with van der Waals surface area (Å²) in [6.45, 7) is 2.93. The van der Waals surface area contributed by atoms with Gasteiger partial charge in [0.25, 0.3) is 0 Å². The summed E-state index contributed by atoms with van der Waals surface area (Å²) in [6.07, 6.45) is 3.13. The van der Waals surface area contributed by atoms with Crippen LogP contribution < -0.4 is 4.74 Å². The predicted molar refractivity (Wildman–Crippen MR) is 127 cm³/mol. The van der Waals surface area contributed by atoms with E-state index in [0.717, 1.165) is 59.5 Å². The van der Waals surface area contributed by atoms with Crippen molar-refractivity contribution in [2.24, 2.45) is 0 Å². The van der Waals surface area contributed by atoms with Gasteiger partial charge < -0.3 is 9.30 Å². The zero-order chi connectivity index (χ0) is 22.6. The van der Waals surface area contributed by atoms with Crippen molar-refractivity contribution in [3.05, 3.63) is 72.1 Å². The minimum Gasteiger partial charge on any atom is -0.481 e. The molecule has 166 valence electrons. The second kappa shape index (κ2) is 9.20. The van der Waals surface area contributed by atoms with E-state index in [1.807, 2.05) is 30.3 Å². The van der Waals surface area contributed by atoms with Crippen LogP contribution in [-0.2, 0) is 13.0 Å². The van der Waals surface area contributed by atoms with Gasteiger partial charge in [-0.25, -0.2) is 10.1 Å². The van der Waals surface area contributed by atoms with Crippen molar-refractivity contribution in [2.75, 3.05) is 7.11 Å². The summed E-state index contributed by atoms with van der Waals surface area (Å²) in [5.41, 5.74) is 6.11. The SMILES string of the molecule is CCCCc1nc2nc(OC)ccc2n1Cc1ccc(-c2ccccc2-c2nnn[nH]2)cc1. The molecule has 0 spiro atoms. The number of hydrogen-bond acceptors (Lipinski definition) is 6. The fourth-order valence-electron chi connectivity index (χ4n) is 4.04. The van der Waals surface area contributed by atoms with E-state index >= 15 is 0 Å². The Hall–Kier alpha value is -4.07. The van der Waals surface area contributed by atoms with Crippen molar-refractivity contribution in [3.8, 4) is 28.4 Å². The normalized spacial score (nSPS) is 11.2. The average molecular weight is 440 g/mol. The largest absolute Gasteiger partial charge is 0.481 e. The number of fused-ring (bicyclic) bond motifs is 1. The highest BCUT2D eigenvalue weighted by Crippen LogP contribution is 2.30. The number of rotatable bonds is 8. The third kappa shape index (κ3) is 4.19. The molecular weight excluding hydrogens is 414 g/mol. The lowest BCUT2D eigenvalue weighted by Crippen LogP contribution is -2.05.